The van der Waals surface area contributed by atoms with E-state index in [4.69, 9.17) is 0 Å². The van der Waals surface area contributed by atoms with Crippen molar-refractivity contribution in [2.24, 2.45) is 17.8 Å². The SMILES string of the molecule is CC(C1[C@H]2CCC[C@@H]12)n1cncn1. The van der Waals surface area contributed by atoms with E-state index in [1.165, 1.54) is 19.3 Å². The summed E-state index contributed by atoms with van der Waals surface area (Å²) in [4.78, 5) is 4.00. The topological polar surface area (TPSA) is 30.7 Å². The van der Waals surface area contributed by atoms with Crippen LogP contribution in [0.4, 0.5) is 0 Å². The van der Waals surface area contributed by atoms with Gasteiger partial charge in [-0.2, -0.15) is 5.10 Å². The quantitative estimate of drug-likeness (QED) is 0.690. The molecule has 4 atom stereocenters. The third-order valence-corrected chi connectivity index (χ3v) is 3.88. The Bertz CT molecular complexity index is 283. The number of hydrogen-bond donors (Lipinski definition) is 0. The summed E-state index contributed by atoms with van der Waals surface area (Å²) in [6.45, 7) is 2.28. The first kappa shape index (κ1) is 7.54. The van der Waals surface area contributed by atoms with Gasteiger partial charge >= 0.3 is 0 Å². The minimum absolute atomic E-state index is 0.567. The van der Waals surface area contributed by atoms with E-state index in [0.717, 1.165) is 17.8 Å². The Morgan fingerprint density at radius 2 is 2.15 bits per heavy atom. The lowest BCUT2D eigenvalue weighted by Gasteiger charge is -2.12. The largest absolute Gasteiger partial charge is 0.250 e. The molecule has 3 heteroatoms. The smallest absolute Gasteiger partial charge is 0.137 e. The molecule has 1 heterocycles. The Labute approximate surface area is 78.2 Å². The summed E-state index contributed by atoms with van der Waals surface area (Å²) in [5, 5.41) is 4.21. The average Bonchev–Trinajstić information content (AvgIpc) is 2.68. The molecule has 0 bridgehead atoms. The van der Waals surface area contributed by atoms with E-state index in [1.54, 1.807) is 6.33 Å². The lowest BCUT2D eigenvalue weighted by Crippen LogP contribution is -2.10. The second kappa shape index (κ2) is 2.56. The van der Waals surface area contributed by atoms with E-state index in [2.05, 4.69) is 17.0 Å². The highest BCUT2D eigenvalue weighted by atomic mass is 15.3. The molecule has 0 aromatic carbocycles. The van der Waals surface area contributed by atoms with Crippen LogP contribution in [0.1, 0.15) is 32.2 Å². The van der Waals surface area contributed by atoms with E-state index in [-0.39, 0.29) is 0 Å². The predicted molar refractivity (Wildman–Crippen MR) is 49.1 cm³/mol. The Hall–Kier alpha value is -0.860. The molecule has 13 heavy (non-hydrogen) atoms. The highest BCUT2D eigenvalue weighted by Gasteiger charge is 2.55. The van der Waals surface area contributed by atoms with Crippen molar-refractivity contribution in [2.45, 2.75) is 32.2 Å². The van der Waals surface area contributed by atoms with Crippen LogP contribution < -0.4 is 0 Å². The zero-order chi connectivity index (χ0) is 8.84. The van der Waals surface area contributed by atoms with Crippen molar-refractivity contribution in [2.75, 3.05) is 0 Å². The molecule has 3 rings (SSSR count). The van der Waals surface area contributed by atoms with Crippen LogP contribution in [-0.2, 0) is 0 Å². The monoisotopic (exact) mass is 177 g/mol. The van der Waals surface area contributed by atoms with Gasteiger partial charge in [-0.05, 0) is 37.5 Å². The fraction of sp³-hybridized carbons (Fsp3) is 0.800. The van der Waals surface area contributed by atoms with Crippen LogP contribution in [0, 0.1) is 17.8 Å². The molecule has 70 valence electrons. The molecule has 1 aromatic heterocycles. The van der Waals surface area contributed by atoms with E-state index in [1.807, 2.05) is 11.0 Å². The summed E-state index contributed by atoms with van der Waals surface area (Å²) < 4.78 is 2.02. The first-order valence-electron chi connectivity index (χ1n) is 5.22. The predicted octanol–water partition coefficient (Wildman–Crippen LogP) is 1.89. The lowest BCUT2D eigenvalue weighted by molar-refractivity contribution is 0.383. The van der Waals surface area contributed by atoms with Crippen molar-refractivity contribution in [1.82, 2.24) is 14.8 Å². The van der Waals surface area contributed by atoms with Gasteiger partial charge in [0.05, 0.1) is 6.04 Å². The van der Waals surface area contributed by atoms with Gasteiger partial charge in [-0.1, -0.05) is 6.42 Å². The average molecular weight is 177 g/mol. The normalized spacial score (nSPS) is 38.7. The van der Waals surface area contributed by atoms with Gasteiger partial charge in [0.2, 0.25) is 0 Å². The van der Waals surface area contributed by atoms with Crippen molar-refractivity contribution in [3.8, 4) is 0 Å². The molecule has 2 saturated carbocycles. The first-order chi connectivity index (χ1) is 6.38. The maximum atomic E-state index is 4.21. The Morgan fingerprint density at radius 1 is 1.38 bits per heavy atom. The summed E-state index contributed by atoms with van der Waals surface area (Å²) >= 11 is 0. The van der Waals surface area contributed by atoms with Crippen LogP contribution in [0.25, 0.3) is 0 Å². The Balaban J connectivity index is 1.74. The van der Waals surface area contributed by atoms with Crippen molar-refractivity contribution in [1.29, 1.82) is 0 Å². The fourth-order valence-corrected chi connectivity index (χ4v) is 3.20. The molecule has 1 aromatic rings. The van der Waals surface area contributed by atoms with Crippen LogP contribution in [0.5, 0.6) is 0 Å². The first-order valence-corrected chi connectivity index (χ1v) is 5.22. The van der Waals surface area contributed by atoms with Crippen LogP contribution >= 0.6 is 0 Å². The van der Waals surface area contributed by atoms with E-state index in [0.29, 0.717) is 6.04 Å². The molecule has 0 spiro atoms. The fourth-order valence-electron chi connectivity index (χ4n) is 3.20. The van der Waals surface area contributed by atoms with Crippen LogP contribution in [-0.4, -0.2) is 14.8 Å². The minimum Gasteiger partial charge on any atom is -0.250 e. The highest BCUT2D eigenvalue weighted by molar-refractivity contribution is 5.04. The van der Waals surface area contributed by atoms with E-state index in [9.17, 15) is 0 Å². The molecule has 2 fully saturated rings. The van der Waals surface area contributed by atoms with Gasteiger partial charge in [-0.25, -0.2) is 9.67 Å². The summed E-state index contributed by atoms with van der Waals surface area (Å²) in [6, 6.07) is 0.567. The zero-order valence-corrected chi connectivity index (χ0v) is 7.93. The molecule has 3 nitrogen and oxygen atoms in total. The van der Waals surface area contributed by atoms with Gasteiger partial charge < -0.3 is 0 Å². The third-order valence-electron chi connectivity index (χ3n) is 3.88. The molecule has 2 unspecified atom stereocenters. The molecule has 0 radical (unpaired) electrons. The van der Waals surface area contributed by atoms with Gasteiger partial charge in [-0.3, -0.25) is 0 Å². The number of rotatable bonds is 2. The van der Waals surface area contributed by atoms with Gasteiger partial charge in [-0.15, -0.1) is 0 Å². The van der Waals surface area contributed by atoms with Gasteiger partial charge in [0, 0.05) is 0 Å². The summed E-state index contributed by atoms with van der Waals surface area (Å²) in [7, 11) is 0. The molecule has 0 aliphatic heterocycles. The van der Waals surface area contributed by atoms with Gasteiger partial charge in [0.1, 0.15) is 12.7 Å². The van der Waals surface area contributed by atoms with E-state index >= 15 is 0 Å². The second-order valence-electron chi connectivity index (χ2n) is 4.45. The van der Waals surface area contributed by atoms with Crippen LogP contribution in [0.3, 0.4) is 0 Å². The second-order valence-corrected chi connectivity index (χ2v) is 4.45. The molecule has 0 amide bonds. The summed E-state index contributed by atoms with van der Waals surface area (Å²) in [6.07, 6.45) is 7.84. The molecular formula is C10H15N3. The van der Waals surface area contributed by atoms with Crippen molar-refractivity contribution >= 4 is 0 Å². The maximum absolute atomic E-state index is 4.21. The minimum atomic E-state index is 0.567. The molecular weight excluding hydrogens is 162 g/mol. The van der Waals surface area contributed by atoms with Gasteiger partial charge in [0.15, 0.2) is 0 Å². The molecule has 0 saturated heterocycles. The lowest BCUT2D eigenvalue weighted by atomic mass is 10.1. The van der Waals surface area contributed by atoms with Gasteiger partial charge in [0.25, 0.3) is 0 Å². The maximum Gasteiger partial charge on any atom is 0.137 e. The van der Waals surface area contributed by atoms with Crippen molar-refractivity contribution < 1.29 is 0 Å². The number of fused-ring (bicyclic) bond motifs is 1. The highest BCUT2D eigenvalue weighted by Crippen LogP contribution is 2.61. The number of hydrogen-bond acceptors (Lipinski definition) is 2. The molecule has 2 aliphatic rings. The number of aromatic nitrogens is 3. The van der Waals surface area contributed by atoms with E-state index < -0.39 is 0 Å². The third kappa shape index (κ3) is 1.02. The van der Waals surface area contributed by atoms with Crippen LogP contribution in [0.15, 0.2) is 12.7 Å². The van der Waals surface area contributed by atoms with Crippen molar-refractivity contribution in [3.05, 3.63) is 12.7 Å². The van der Waals surface area contributed by atoms with Crippen molar-refractivity contribution in [3.63, 3.8) is 0 Å². The summed E-state index contributed by atoms with van der Waals surface area (Å²) in [5.74, 6) is 2.92. The molecule has 2 aliphatic carbocycles. The zero-order valence-electron chi connectivity index (χ0n) is 7.93. The molecule has 0 N–H and O–H groups in total. The summed E-state index contributed by atoms with van der Waals surface area (Å²) in [5.41, 5.74) is 0. The number of nitrogens with zero attached hydrogens (tertiary/aromatic N) is 3. The van der Waals surface area contributed by atoms with Crippen LogP contribution in [0.2, 0.25) is 0 Å². The Morgan fingerprint density at radius 3 is 2.77 bits per heavy atom. The standard InChI is InChI=1S/C10H15N3/c1-7(13-6-11-5-12-13)10-8-3-2-4-9(8)10/h5-10H,2-4H2,1H3/t7?,8-,9+,10?. The Kier molecular flexibility index (Phi) is 1.49.